The van der Waals surface area contributed by atoms with Crippen LogP contribution < -0.4 is 0 Å². The first-order valence-electron chi connectivity index (χ1n) is 6.51. The third-order valence-electron chi connectivity index (χ3n) is 2.46. The van der Waals surface area contributed by atoms with Crippen LogP contribution in [-0.2, 0) is 32.7 Å². The summed E-state index contributed by atoms with van der Waals surface area (Å²) in [6.45, 7) is 0.606. The maximum absolute atomic E-state index is 11.7. The molecule has 0 heterocycles. The smallest absolute Gasteiger partial charge is 0.465 e. The summed E-state index contributed by atoms with van der Waals surface area (Å²) in [5, 5.41) is 0. The summed E-state index contributed by atoms with van der Waals surface area (Å²) >= 11 is 0. The Bertz CT molecular complexity index is 445. The summed E-state index contributed by atoms with van der Waals surface area (Å²) in [4.78, 5) is 42.0. The van der Waals surface area contributed by atoms with Crippen LogP contribution in [0.2, 0.25) is 0 Å². The van der Waals surface area contributed by atoms with Crippen molar-refractivity contribution in [1.82, 2.24) is 0 Å². The number of ether oxygens (including phenoxy) is 1. The number of aldehydes is 1. The third kappa shape index (κ3) is 10.6. The van der Waals surface area contributed by atoms with Crippen molar-refractivity contribution in [3.63, 3.8) is 0 Å². The Hall–Kier alpha value is -1.12. The number of nitrogens with zero attached hydrogens (tertiary/aromatic N) is 1. The van der Waals surface area contributed by atoms with Gasteiger partial charge in [-0.2, -0.15) is 0 Å². The van der Waals surface area contributed by atoms with E-state index in [0.717, 1.165) is 6.92 Å². The van der Waals surface area contributed by atoms with Gasteiger partial charge in [-0.25, -0.2) is 4.57 Å². The largest absolute Gasteiger partial charge is 0.472 e. The van der Waals surface area contributed by atoms with Crippen LogP contribution in [0.1, 0.15) is 6.92 Å². The van der Waals surface area contributed by atoms with Crippen LogP contribution in [0.4, 0.5) is 0 Å². The molecule has 0 saturated heterocycles. The first-order valence-corrected chi connectivity index (χ1v) is 8.01. The summed E-state index contributed by atoms with van der Waals surface area (Å²) in [5.41, 5.74) is 0. The van der Waals surface area contributed by atoms with Crippen LogP contribution in [0.25, 0.3) is 0 Å². The molecule has 1 N–H and O–H groups in total. The number of hydrogen-bond acceptors (Lipinski definition) is 7. The average Bonchev–Trinajstić information content (AvgIpc) is 2.35. The van der Waals surface area contributed by atoms with Gasteiger partial charge in [-0.1, -0.05) is 0 Å². The van der Waals surface area contributed by atoms with Crippen LogP contribution >= 0.6 is 7.82 Å². The van der Waals surface area contributed by atoms with Gasteiger partial charge in [-0.15, -0.1) is 0 Å². The van der Waals surface area contributed by atoms with E-state index in [1.165, 1.54) is 0 Å². The van der Waals surface area contributed by atoms with Gasteiger partial charge in [0.25, 0.3) is 0 Å². The number of esters is 1. The van der Waals surface area contributed by atoms with E-state index in [1.807, 2.05) is 21.1 Å². The summed E-state index contributed by atoms with van der Waals surface area (Å²) in [6.07, 6.45) is 0.0394. The molecule has 0 amide bonds. The second kappa shape index (κ2) is 9.12. The number of phosphoric ester groups is 1. The number of quaternary nitrogens is 1. The lowest BCUT2D eigenvalue weighted by Gasteiger charge is -2.24. The fourth-order valence-corrected chi connectivity index (χ4v) is 1.93. The molecular weight excluding hydrogens is 317 g/mol. The van der Waals surface area contributed by atoms with E-state index in [-0.39, 0.29) is 12.9 Å². The Labute approximate surface area is 129 Å². The molecule has 22 heavy (non-hydrogen) atoms. The normalized spacial score (nSPS) is 15.7. The number of Topliss-reactive ketones (excluding diaryl/α,β-unsaturated/α-hetero) is 1. The van der Waals surface area contributed by atoms with Crippen LogP contribution in [0, 0.1) is 5.92 Å². The van der Waals surface area contributed by atoms with Crippen molar-refractivity contribution in [3.8, 4) is 0 Å². The van der Waals surface area contributed by atoms with Crippen molar-refractivity contribution in [2.45, 2.75) is 6.92 Å². The zero-order valence-electron chi connectivity index (χ0n) is 13.2. The Balaban J connectivity index is 4.42. The highest BCUT2D eigenvalue weighted by Crippen LogP contribution is 2.43. The highest BCUT2D eigenvalue weighted by Gasteiger charge is 2.27. The monoisotopic (exact) mass is 340 g/mol. The third-order valence-corrected chi connectivity index (χ3v) is 3.45. The molecule has 128 valence electrons. The van der Waals surface area contributed by atoms with Crippen molar-refractivity contribution in [3.05, 3.63) is 0 Å². The average molecular weight is 340 g/mol. The molecule has 0 saturated carbocycles. The van der Waals surface area contributed by atoms with E-state index in [9.17, 15) is 23.8 Å². The summed E-state index contributed by atoms with van der Waals surface area (Å²) in [7, 11) is 1.29. The van der Waals surface area contributed by atoms with Gasteiger partial charge in [-0.05, 0) is 0 Å². The Morgan fingerprint density at radius 3 is 2.27 bits per heavy atom. The van der Waals surface area contributed by atoms with E-state index in [1.54, 1.807) is 0 Å². The molecule has 9 nitrogen and oxygen atoms in total. The van der Waals surface area contributed by atoms with Gasteiger partial charge < -0.3 is 14.1 Å². The standard InChI is InChI=1S/C12H22NO8P/c1-10(15)19-8-11(12(16)7-14)9-21-22(17,18)20-6-5-13(2,3)4/h7,11H,5-6,8-9H2,1-4H3/p+1. The molecule has 10 heteroatoms. The van der Waals surface area contributed by atoms with Gasteiger partial charge in [0.2, 0.25) is 5.78 Å². The second-order valence-electron chi connectivity index (χ2n) is 5.63. The molecule has 2 atom stereocenters. The topological polar surface area (TPSA) is 116 Å². The molecule has 0 aromatic rings. The number of likely N-dealkylation sites (N-methyl/N-ethyl adjacent to an activating group) is 1. The molecule has 0 aromatic heterocycles. The predicted octanol–water partition coefficient (Wildman–Crippen LogP) is -0.226. The molecular formula is C12H23NO8P+. The minimum absolute atomic E-state index is 0.0203. The molecule has 0 aliphatic carbocycles. The van der Waals surface area contributed by atoms with Crippen molar-refractivity contribution in [2.75, 3.05) is 47.5 Å². The molecule has 0 aliphatic rings. The first-order chi connectivity index (χ1) is 9.97. The molecule has 0 fully saturated rings. The van der Waals surface area contributed by atoms with Gasteiger partial charge in [-0.3, -0.25) is 23.4 Å². The lowest BCUT2D eigenvalue weighted by atomic mass is 10.1. The number of rotatable bonds is 11. The lowest BCUT2D eigenvalue weighted by Crippen LogP contribution is -2.37. The highest BCUT2D eigenvalue weighted by molar-refractivity contribution is 7.47. The highest BCUT2D eigenvalue weighted by atomic mass is 31.2. The molecule has 0 radical (unpaired) electrons. The predicted molar refractivity (Wildman–Crippen MR) is 75.8 cm³/mol. The van der Waals surface area contributed by atoms with Gasteiger partial charge in [0, 0.05) is 6.92 Å². The molecule has 0 aromatic carbocycles. The van der Waals surface area contributed by atoms with Crippen molar-refractivity contribution >= 4 is 25.9 Å². The van der Waals surface area contributed by atoms with E-state index in [2.05, 4.69) is 9.26 Å². The number of ketones is 1. The minimum atomic E-state index is -4.35. The molecule has 0 aliphatic heterocycles. The SMILES string of the molecule is CC(=O)OCC(COP(=O)(O)OCC[N+](C)(C)C)C(=O)C=O. The number of phosphoric acid groups is 1. The zero-order valence-corrected chi connectivity index (χ0v) is 14.1. The van der Waals surface area contributed by atoms with Gasteiger partial charge in [0.05, 0.1) is 33.7 Å². The maximum Gasteiger partial charge on any atom is 0.472 e. The molecule has 0 bridgehead atoms. The Morgan fingerprint density at radius 2 is 1.82 bits per heavy atom. The van der Waals surface area contributed by atoms with Gasteiger partial charge >= 0.3 is 13.8 Å². The molecule has 0 rings (SSSR count). The summed E-state index contributed by atoms with van der Waals surface area (Å²) in [5.74, 6) is -2.69. The first kappa shape index (κ1) is 20.9. The van der Waals surface area contributed by atoms with Crippen LogP contribution in [0.5, 0.6) is 0 Å². The van der Waals surface area contributed by atoms with E-state index in [0.29, 0.717) is 11.0 Å². The van der Waals surface area contributed by atoms with Crippen molar-refractivity contribution in [2.24, 2.45) is 5.92 Å². The van der Waals surface area contributed by atoms with Crippen molar-refractivity contribution < 1.29 is 42.1 Å². The molecule has 2 unspecified atom stereocenters. The Morgan fingerprint density at radius 1 is 1.23 bits per heavy atom. The van der Waals surface area contributed by atoms with E-state index in [4.69, 9.17) is 4.52 Å². The minimum Gasteiger partial charge on any atom is -0.465 e. The Kier molecular flexibility index (Phi) is 8.65. The second-order valence-corrected chi connectivity index (χ2v) is 7.08. The molecule has 0 spiro atoms. The maximum atomic E-state index is 11.7. The lowest BCUT2D eigenvalue weighted by molar-refractivity contribution is -0.870. The number of carbonyl (C=O) groups is 3. The van der Waals surface area contributed by atoms with Crippen LogP contribution in [0.15, 0.2) is 0 Å². The van der Waals surface area contributed by atoms with Crippen LogP contribution in [0.3, 0.4) is 0 Å². The van der Waals surface area contributed by atoms with Gasteiger partial charge in [0.15, 0.2) is 6.29 Å². The fourth-order valence-electron chi connectivity index (χ4n) is 1.18. The number of hydrogen-bond donors (Lipinski definition) is 1. The van der Waals surface area contributed by atoms with E-state index < -0.39 is 38.7 Å². The van der Waals surface area contributed by atoms with Crippen molar-refractivity contribution in [1.29, 1.82) is 0 Å². The fraction of sp³-hybridized carbons (Fsp3) is 0.750. The summed E-state index contributed by atoms with van der Waals surface area (Å²) in [6, 6.07) is 0. The number of carbonyl (C=O) groups excluding carboxylic acids is 3. The van der Waals surface area contributed by atoms with Gasteiger partial charge in [0.1, 0.15) is 19.8 Å². The quantitative estimate of drug-likeness (QED) is 0.180. The van der Waals surface area contributed by atoms with E-state index >= 15 is 0 Å². The zero-order chi connectivity index (χ0) is 17.4. The van der Waals surface area contributed by atoms with Crippen LogP contribution in [-0.4, -0.2) is 74.9 Å². The summed E-state index contributed by atoms with van der Waals surface area (Å²) < 4.78 is 26.2.